The third-order valence-electron chi connectivity index (χ3n) is 5.35. The van der Waals surface area contributed by atoms with Crippen LogP contribution in [0.4, 0.5) is 5.82 Å². The Hall–Kier alpha value is -4.30. The molecular weight excluding hydrogens is 428 g/mol. The third-order valence-corrected chi connectivity index (χ3v) is 5.35. The van der Waals surface area contributed by atoms with Crippen molar-refractivity contribution in [1.82, 2.24) is 24.5 Å². The summed E-state index contributed by atoms with van der Waals surface area (Å²) in [4.78, 5) is 18.4. The Morgan fingerprint density at radius 2 is 1.79 bits per heavy atom. The fourth-order valence-electron chi connectivity index (χ4n) is 3.74. The molecule has 0 unspecified atom stereocenters. The maximum atomic E-state index is 9.46. The summed E-state index contributed by atoms with van der Waals surface area (Å²) in [5, 5.41) is 9.46. The molecule has 0 spiro atoms. The first-order valence-electron chi connectivity index (χ1n) is 11.0. The number of ether oxygens (including phenoxy) is 1. The number of aromatic nitrogens is 5. The molecule has 5 aromatic rings. The number of pyridine rings is 3. The van der Waals surface area contributed by atoms with E-state index in [-0.39, 0.29) is 12.7 Å². The van der Waals surface area contributed by atoms with E-state index in [2.05, 4.69) is 9.97 Å². The van der Waals surface area contributed by atoms with E-state index < -0.39 is 0 Å². The van der Waals surface area contributed by atoms with Crippen LogP contribution in [-0.4, -0.2) is 35.7 Å². The third kappa shape index (κ3) is 4.06. The van der Waals surface area contributed by atoms with Gasteiger partial charge in [-0.2, -0.15) is 0 Å². The molecule has 5 rings (SSSR count). The van der Waals surface area contributed by atoms with Gasteiger partial charge in [0.05, 0.1) is 24.0 Å². The average Bonchev–Trinajstić information content (AvgIpc) is 3.23. The summed E-state index contributed by atoms with van der Waals surface area (Å²) in [6, 6.07) is 19.0. The number of imidazole rings is 1. The zero-order valence-electron chi connectivity index (χ0n) is 18.9. The van der Waals surface area contributed by atoms with Crippen molar-refractivity contribution >= 4 is 17.0 Å². The van der Waals surface area contributed by atoms with Gasteiger partial charge in [0.1, 0.15) is 11.3 Å². The number of rotatable bonds is 6. The molecule has 8 nitrogen and oxygen atoms in total. The van der Waals surface area contributed by atoms with Crippen molar-refractivity contribution in [1.29, 1.82) is 0 Å². The van der Waals surface area contributed by atoms with Crippen LogP contribution in [0, 0.1) is 0 Å². The fraction of sp³-hybridized carbons (Fsp3) is 0.154. The zero-order valence-corrected chi connectivity index (χ0v) is 18.9. The van der Waals surface area contributed by atoms with Crippen LogP contribution in [-0.2, 0) is 6.61 Å². The lowest BCUT2D eigenvalue weighted by molar-refractivity contribution is 0.232. The quantitative estimate of drug-likeness (QED) is 0.392. The van der Waals surface area contributed by atoms with Gasteiger partial charge in [-0.3, -0.25) is 4.57 Å². The molecule has 4 aromatic heterocycles. The van der Waals surface area contributed by atoms with Crippen LogP contribution in [0.15, 0.2) is 73.1 Å². The predicted octanol–water partition coefficient (Wildman–Crippen LogP) is 4.41. The largest absolute Gasteiger partial charge is 0.475 e. The molecule has 0 bridgehead atoms. The summed E-state index contributed by atoms with van der Waals surface area (Å²) in [5.41, 5.74) is 11.6. The maximum absolute atomic E-state index is 9.46. The Labute approximate surface area is 196 Å². The van der Waals surface area contributed by atoms with Crippen LogP contribution in [0.3, 0.4) is 0 Å². The van der Waals surface area contributed by atoms with E-state index in [1.54, 1.807) is 12.4 Å². The summed E-state index contributed by atoms with van der Waals surface area (Å²) in [6.45, 7) is 3.90. The number of nitrogen functional groups attached to an aromatic ring is 1. The van der Waals surface area contributed by atoms with Crippen molar-refractivity contribution < 1.29 is 9.84 Å². The molecule has 0 aliphatic rings. The number of anilines is 1. The summed E-state index contributed by atoms with van der Waals surface area (Å²) >= 11 is 0. The summed E-state index contributed by atoms with van der Waals surface area (Å²) in [7, 11) is 0. The van der Waals surface area contributed by atoms with Crippen molar-refractivity contribution in [2.24, 2.45) is 0 Å². The van der Waals surface area contributed by atoms with E-state index >= 15 is 0 Å². The van der Waals surface area contributed by atoms with Crippen molar-refractivity contribution in [2.45, 2.75) is 26.6 Å². The standard InChI is InChI=1S/C26H24N6O2/c1-16(2)34-23-12-7-18(14-29-23)21-10-11-22-26(30-21)32(19-8-5-17(15-33)6-9-19)25(31-22)20-4-3-13-28-24(20)27/h3-14,16,33H,15H2,1-2H3,(H2,27,28). The van der Waals surface area contributed by atoms with E-state index in [1.165, 1.54) is 0 Å². The van der Waals surface area contributed by atoms with Gasteiger partial charge >= 0.3 is 0 Å². The first kappa shape index (κ1) is 21.5. The highest BCUT2D eigenvalue weighted by molar-refractivity contribution is 5.84. The number of aliphatic hydroxyl groups is 1. The summed E-state index contributed by atoms with van der Waals surface area (Å²) < 4.78 is 7.61. The molecule has 170 valence electrons. The minimum absolute atomic E-state index is 0.0285. The lowest BCUT2D eigenvalue weighted by Crippen LogP contribution is -2.06. The highest BCUT2D eigenvalue weighted by Crippen LogP contribution is 2.31. The molecule has 0 aliphatic heterocycles. The van der Waals surface area contributed by atoms with Crippen LogP contribution < -0.4 is 10.5 Å². The van der Waals surface area contributed by atoms with E-state index in [1.807, 2.05) is 79.1 Å². The van der Waals surface area contributed by atoms with Gasteiger partial charge in [0.2, 0.25) is 5.88 Å². The molecule has 0 radical (unpaired) electrons. The molecule has 0 saturated heterocycles. The first-order chi connectivity index (χ1) is 16.5. The van der Waals surface area contributed by atoms with Crippen molar-refractivity contribution in [3.63, 3.8) is 0 Å². The van der Waals surface area contributed by atoms with Gasteiger partial charge in [0, 0.05) is 29.7 Å². The monoisotopic (exact) mass is 452 g/mol. The van der Waals surface area contributed by atoms with Gasteiger partial charge in [-0.1, -0.05) is 12.1 Å². The predicted molar refractivity (Wildman–Crippen MR) is 131 cm³/mol. The topological polar surface area (TPSA) is 112 Å². The minimum atomic E-state index is -0.0285. The van der Waals surface area contributed by atoms with Gasteiger partial charge in [0.25, 0.3) is 0 Å². The van der Waals surface area contributed by atoms with E-state index in [0.29, 0.717) is 28.7 Å². The minimum Gasteiger partial charge on any atom is -0.475 e. The van der Waals surface area contributed by atoms with Crippen LogP contribution in [0.1, 0.15) is 19.4 Å². The van der Waals surface area contributed by atoms with Crippen LogP contribution in [0.5, 0.6) is 5.88 Å². The van der Waals surface area contributed by atoms with Gasteiger partial charge in [-0.05, 0) is 61.9 Å². The Balaban J connectivity index is 1.68. The Morgan fingerprint density at radius 1 is 0.971 bits per heavy atom. The van der Waals surface area contributed by atoms with Crippen molar-refractivity contribution in [3.8, 4) is 34.2 Å². The number of hydrogen-bond donors (Lipinski definition) is 2. The number of fused-ring (bicyclic) bond motifs is 1. The molecule has 0 amide bonds. The second-order valence-corrected chi connectivity index (χ2v) is 8.12. The van der Waals surface area contributed by atoms with Gasteiger partial charge < -0.3 is 15.6 Å². The Bertz CT molecular complexity index is 1440. The molecule has 0 fully saturated rings. The van der Waals surface area contributed by atoms with Gasteiger partial charge in [-0.15, -0.1) is 0 Å². The molecular formula is C26H24N6O2. The van der Waals surface area contributed by atoms with Crippen molar-refractivity contribution in [3.05, 3.63) is 78.6 Å². The van der Waals surface area contributed by atoms with E-state index in [4.69, 9.17) is 20.4 Å². The number of benzene rings is 1. The lowest BCUT2D eigenvalue weighted by Gasteiger charge is -2.11. The van der Waals surface area contributed by atoms with Gasteiger partial charge in [-0.25, -0.2) is 19.9 Å². The highest BCUT2D eigenvalue weighted by Gasteiger charge is 2.18. The molecule has 1 aromatic carbocycles. The molecule has 8 heteroatoms. The van der Waals surface area contributed by atoms with Crippen LogP contribution >= 0.6 is 0 Å². The average molecular weight is 453 g/mol. The SMILES string of the molecule is CC(C)Oc1ccc(-c2ccc3nc(-c4cccnc4N)n(-c4ccc(CO)cc4)c3n2)cn1. The molecule has 34 heavy (non-hydrogen) atoms. The molecule has 0 atom stereocenters. The summed E-state index contributed by atoms with van der Waals surface area (Å²) in [6.07, 6.45) is 3.46. The summed E-state index contributed by atoms with van der Waals surface area (Å²) in [5.74, 6) is 1.60. The molecule has 3 N–H and O–H groups in total. The molecule has 4 heterocycles. The van der Waals surface area contributed by atoms with E-state index in [0.717, 1.165) is 28.0 Å². The normalized spacial score (nSPS) is 11.3. The number of nitrogens with two attached hydrogens (primary N) is 1. The molecule has 0 aliphatic carbocycles. The Kier molecular flexibility index (Phi) is 5.65. The number of nitrogens with zero attached hydrogens (tertiary/aromatic N) is 5. The second-order valence-electron chi connectivity index (χ2n) is 8.12. The van der Waals surface area contributed by atoms with Gasteiger partial charge in [0.15, 0.2) is 11.5 Å². The smallest absolute Gasteiger partial charge is 0.213 e. The van der Waals surface area contributed by atoms with E-state index in [9.17, 15) is 5.11 Å². The van der Waals surface area contributed by atoms with Crippen LogP contribution in [0.25, 0.3) is 39.5 Å². The number of aliphatic hydroxyl groups excluding tert-OH is 1. The highest BCUT2D eigenvalue weighted by atomic mass is 16.5. The van der Waals surface area contributed by atoms with Crippen LogP contribution in [0.2, 0.25) is 0 Å². The first-order valence-corrected chi connectivity index (χ1v) is 11.0. The second kappa shape index (κ2) is 8.92. The van der Waals surface area contributed by atoms with Crippen molar-refractivity contribution in [2.75, 3.05) is 5.73 Å². The number of hydrogen-bond acceptors (Lipinski definition) is 7. The lowest BCUT2D eigenvalue weighted by atomic mass is 10.2. The Morgan fingerprint density at radius 3 is 2.47 bits per heavy atom. The maximum Gasteiger partial charge on any atom is 0.213 e. The molecule has 0 saturated carbocycles. The fourth-order valence-corrected chi connectivity index (χ4v) is 3.74. The zero-order chi connectivity index (χ0) is 23.7.